The highest BCUT2D eigenvalue weighted by atomic mass is 32.1. The Balaban J connectivity index is 1.18. The molecule has 1 aliphatic carbocycles. The lowest BCUT2D eigenvalue weighted by molar-refractivity contribution is 0.667. The Bertz CT molecular complexity index is 3000. The SMILES string of the molecule is CC1(C)c2ccccc2-c2c1c1c3ccccc3sc1c1c3ccccc3n(-c3ccc(-c4cc(-c5ccccc5)nc(-c5ccccc5)n4)cc3)c21. The van der Waals surface area contributed by atoms with Crippen molar-refractivity contribution in [3.8, 4) is 50.7 Å². The average Bonchev–Trinajstić information content (AvgIpc) is 3.84. The van der Waals surface area contributed by atoms with Crippen LogP contribution in [0.3, 0.4) is 0 Å². The van der Waals surface area contributed by atoms with E-state index in [1.165, 1.54) is 64.2 Å². The first-order valence-electron chi connectivity index (χ1n) is 18.2. The van der Waals surface area contributed by atoms with Crippen molar-refractivity contribution in [3.05, 3.63) is 175 Å². The zero-order valence-electron chi connectivity index (χ0n) is 29.3. The van der Waals surface area contributed by atoms with Crippen LogP contribution in [0, 0.1) is 0 Å². The molecule has 0 aliphatic heterocycles. The zero-order valence-corrected chi connectivity index (χ0v) is 30.2. The van der Waals surface area contributed by atoms with Crippen molar-refractivity contribution in [2.24, 2.45) is 0 Å². The van der Waals surface area contributed by atoms with Gasteiger partial charge in [0.25, 0.3) is 0 Å². The van der Waals surface area contributed by atoms with E-state index in [0.29, 0.717) is 0 Å². The minimum absolute atomic E-state index is 0.159. The van der Waals surface area contributed by atoms with Crippen LogP contribution in [0.5, 0.6) is 0 Å². The number of hydrogen-bond acceptors (Lipinski definition) is 3. The van der Waals surface area contributed by atoms with Crippen LogP contribution in [0.25, 0.3) is 92.7 Å². The lowest BCUT2D eigenvalue weighted by Crippen LogP contribution is -2.15. The normalized spacial score (nSPS) is 13.2. The summed E-state index contributed by atoms with van der Waals surface area (Å²) in [6.45, 7) is 4.82. The maximum atomic E-state index is 5.12. The molecule has 0 unspecified atom stereocenters. The van der Waals surface area contributed by atoms with Crippen LogP contribution >= 0.6 is 11.3 Å². The van der Waals surface area contributed by atoms with Gasteiger partial charge in [-0.3, -0.25) is 0 Å². The zero-order chi connectivity index (χ0) is 35.3. The number of rotatable bonds is 4. The van der Waals surface area contributed by atoms with E-state index in [9.17, 15) is 0 Å². The first kappa shape index (κ1) is 30.3. The van der Waals surface area contributed by atoms with Crippen molar-refractivity contribution >= 4 is 53.3 Å². The summed E-state index contributed by atoms with van der Waals surface area (Å²) in [5.74, 6) is 0.720. The van der Waals surface area contributed by atoms with Crippen molar-refractivity contribution < 1.29 is 0 Å². The fourth-order valence-electron chi connectivity index (χ4n) is 8.81. The van der Waals surface area contributed by atoms with Gasteiger partial charge in [-0.2, -0.15) is 0 Å². The summed E-state index contributed by atoms with van der Waals surface area (Å²) in [6, 6.07) is 58.7. The second-order valence-electron chi connectivity index (χ2n) is 14.5. The molecule has 0 fully saturated rings. The van der Waals surface area contributed by atoms with Gasteiger partial charge in [0.05, 0.1) is 22.4 Å². The summed E-state index contributed by atoms with van der Waals surface area (Å²) in [7, 11) is 0. The highest BCUT2D eigenvalue weighted by molar-refractivity contribution is 7.26. The van der Waals surface area contributed by atoms with E-state index in [4.69, 9.17) is 9.97 Å². The van der Waals surface area contributed by atoms with Crippen LogP contribution in [0.2, 0.25) is 0 Å². The molecule has 0 radical (unpaired) electrons. The fraction of sp³-hybridized carbons (Fsp3) is 0.0612. The first-order chi connectivity index (χ1) is 26.1. The highest BCUT2D eigenvalue weighted by Gasteiger charge is 2.40. The van der Waals surface area contributed by atoms with Gasteiger partial charge in [0.1, 0.15) is 0 Å². The summed E-state index contributed by atoms with van der Waals surface area (Å²) in [5, 5.41) is 5.37. The molecule has 11 rings (SSSR count). The van der Waals surface area contributed by atoms with Gasteiger partial charge in [-0.25, -0.2) is 9.97 Å². The molecule has 3 nitrogen and oxygen atoms in total. The summed E-state index contributed by atoms with van der Waals surface area (Å²) in [6.07, 6.45) is 0. The van der Waals surface area contributed by atoms with Crippen molar-refractivity contribution in [3.63, 3.8) is 0 Å². The third kappa shape index (κ3) is 4.39. The van der Waals surface area contributed by atoms with Crippen LogP contribution < -0.4 is 0 Å². The minimum atomic E-state index is -0.159. The molecule has 4 heteroatoms. The van der Waals surface area contributed by atoms with E-state index in [1.54, 1.807) is 0 Å². The van der Waals surface area contributed by atoms with Crippen LogP contribution in [0.15, 0.2) is 164 Å². The number of hydrogen-bond donors (Lipinski definition) is 0. The maximum Gasteiger partial charge on any atom is 0.160 e. The van der Waals surface area contributed by atoms with Gasteiger partial charge < -0.3 is 4.57 Å². The van der Waals surface area contributed by atoms with Crippen molar-refractivity contribution in [1.29, 1.82) is 0 Å². The molecule has 10 aromatic rings. The average molecular weight is 696 g/mol. The lowest BCUT2D eigenvalue weighted by Gasteiger charge is -2.23. The Labute approximate surface area is 311 Å². The predicted octanol–water partition coefficient (Wildman–Crippen LogP) is 13.2. The Morgan fingerprint density at radius 3 is 1.91 bits per heavy atom. The van der Waals surface area contributed by atoms with Crippen LogP contribution in [0.1, 0.15) is 25.0 Å². The Morgan fingerprint density at radius 1 is 0.547 bits per heavy atom. The van der Waals surface area contributed by atoms with Crippen LogP contribution in [0.4, 0.5) is 0 Å². The van der Waals surface area contributed by atoms with E-state index in [2.05, 4.69) is 158 Å². The van der Waals surface area contributed by atoms with Gasteiger partial charge in [-0.15, -0.1) is 11.3 Å². The van der Waals surface area contributed by atoms with E-state index < -0.39 is 0 Å². The molecule has 7 aromatic carbocycles. The third-order valence-electron chi connectivity index (χ3n) is 11.2. The largest absolute Gasteiger partial charge is 0.309 e. The molecule has 0 bridgehead atoms. The molecule has 0 amide bonds. The van der Waals surface area contributed by atoms with E-state index in [0.717, 1.165) is 39.6 Å². The van der Waals surface area contributed by atoms with Gasteiger partial charge in [0, 0.05) is 64.3 Å². The maximum absolute atomic E-state index is 5.12. The van der Waals surface area contributed by atoms with Crippen molar-refractivity contribution in [2.75, 3.05) is 0 Å². The van der Waals surface area contributed by atoms with Gasteiger partial charge in [0.15, 0.2) is 5.82 Å². The minimum Gasteiger partial charge on any atom is -0.309 e. The van der Waals surface area contributed by atoms with Gasteiger partial charge >= 0.3 is 0 Å². The molecule has 53 heavy (non-hydrogen) atoms. The molecular weight excluding hydrogens is 663 g/mol. The second-order valence-corrected chi connectivity index (χ2v) is 15.6. The van der Waals surface area contributed by atoms with E-state index >= 15 is 0 Å². The fourth-order valence-corrected chi connectivity index (χ4v) is 10.1. The molecule has 3 aromatic heterocycles. The monoisotopic (exact) mass is 695 g/mol. The summed E-state index contributed by atoms with van der Waals surface area (Å²) in [4.78, 5) is 10.1. The van der Waals surface area contributed by atoms with E-state index in [-0.39, 0.29) is 5.41 Å². The topological polar surface area (TPSA) is 30.7 Å². The quantitative estimate of drug-likeness (QED) is 0.183. The number of thiophene rings is 1. The Morgan fingerprint density at radius 2 is 1.15 bits per heavy atom. The van der Waals surface area contributed by atoms with Gasteiger partial charge in [-0.05, 0) is 47.0 Å². The number of fused-ring (bicyclic) bond motifs is 12. The number of para-hydroxylation sites is 1. The number of benzene rings is 7. The number of aromatic nitrogens is 3. The van der Waals surface area contributed by atoms with Gasteiger partial charge in [-0.1, -0.05) is 147 Å². The second kappa shape index (κ2) is 11.3. The molecule has 0 spiro atoms. The standard InChI is InChI=1S/C49H33N3S/c1-49(2)37-22-12-9-19-34(37)42-45(49)43-36-21-11-14-24-41(36)53-47(43)44-35-20-10-13-23-40(35)52(46(42)44)33-27-25-31(26-28-33)39-29-38(30-15-5-3-6-16-30)50-48(51-39)32-17-7-4-8-18-32/h3-29H,1-2H3. The third-order valence-corrected chi connectivity index (χ3v) is 12.4. The summed E-state index contributed by atoms with van der Waals surface area (Å²) >= 11 is 1.93. The highest BCUT2D eigenvalue weighted by Crippen LogP contribution is 2.58. The van der Waals surface area contributed by atoms with Crippen molar-refractivity contribution in [1.82, 2.24) is 14.5 Å². The molecule has 250 valence electrons. The molecule has 0 saturated heterocycles. The lowest BCUT2D eigenvalue weighted by atomic mass is 9.80. The first-order valence-corrected chi connectivity index (χ1v) is 19.0. The smallest absolute Gasteiger partial charge is 0.160 e. The molecule has 1 aliphatic rings. The summed E-state index contributed by atoms with van der Waals surface area (Å²) in [5.41, 5.74) is 13.9. The molecular formula is C49H33N3S. The van der Waals surface area contributed by atoms with Crippen molar-refractivity contribution in [2.45, 2.75) is 19.3 Å². The summed E-state index contributed by atoms with van der Waals surface area (Å²) < 4.78 is 5.22. The van der Waals surface area contributed by atoms with E-state index in [1.807, 2.05) is 35.6 Å². The van der Waals surface area contributed by atoms with Crippen LogP contribution in [-0.4, -0.2) is 14.5 Å². The van der Waals surface area contributed by atoms with Gasteiger partial charge in [0.2, 0.25) is 0 Å². The molecule has 0 atom stereocenters. The molecule has 0 saturated carbocycles. The molecule has 3 heterocycles. The number of nitrogens with zero attached hydrogens (tertiary/aromatic N) is 3. The Hall–Kier alpha value is -6.36. The predicted molar refractivity (Wildman–Crippen MR) is 223 cm³/mol. The Kier molecular flexibility index (Phi) is 6.47. The van der Waals surface area contributed by atoms with Crippen LogP contribution in [-0.2, 0) is 5.41 Å². The molecule has 0 N–H and O–H groups in total.